The van der Waals surface area contributed by atoms with E-state index in [0.29, 0.717) is 11.5 Å². The van der Waals surface area contributed by atoms with Gasteiger partial charge in [0, 0.05) is 16.7 Å². The van der Waals surface area contributed by atoms with Gasteiger partial charge in [-0.05, 0) is 34.1 Å². The van der Waals surface area contributed by atoms with Gasteiger partial charge in [-0.2, -0.15) is 0 Å². The molecule has 0 amide bonds. The highest BCUT2D eigenvalue weighted by molar-refractivity contribution is 9.10. The molecule has 2 nitrogen and oxygen atoms in total. The highest BCUT2D eigenvalue weighted by Crippen LogP contribution is 2.26. The molecule has 0 aliphatic rings. The zero-order valence-electron chi connectivity index (χ0n) is 7.95. The third-order valence-electron chi connectivity index (χ3n) is 1.81. The van der Waals surface area contributed by atoms with E-state index in [2.05, 4.69) is 20.9 Å². The lowest BCUT2D eigenvalue weighted by Crippen LogP contribution is -1.86. The summed E-state index contributed by atoms with van der Waals surface area (Å²) in [6, 6.07) is 5.92. The van der Waals surface area contributed by atoms with E-state index in [4.69, 9.17) is 16.3 Å². The molecule has 2 aromatic rings. The lowest BCUT2D eigenvalue weighted by Gasteiger charge is -2.05. The molecule has 0 aliphatic heterocycles. The molecule has 0 fully saturated rings. The first-order chi connectivity index (χ1) is 7.65. The molecule has 16 heavy (non-hydrogen) atoms. The highest BCUT2D eigenvalue weighted by atomic mass is 79.9. The molecule has 0 saturated heterocycles. The molecule has 0 unspecified atom stereocenters. The highest BCUT2D eigenvalue weighted by Gasteiger charge is 2.03. The summed E-state index contributed by atoms with van der Waals surface area (Å²) >= 11 is 8.90. The zero-order valence-corrected chi connectivity index (χ0v) is 10.3. The van der Waals surface area contributed by atoms with E-state index in [9.17, 15) is 4.39 Å². The maximum Gasteiger partial charge on any atom is 0.146 e. The van der Waals surface area contributed by atoms with Gasteiger partial charge in [0.2, 0.25) is 0 Å². The molecular weight excluding hydrogens is 296 g/mol. The Morgan fingerprint density at radius 1 is 1.19 bits per heavy atom. The van der Waals surface area contributed by atoms with Crippen molar-refractivity contribution in [1.82, 2.24) is 4.98 Å². The average Bonchev–Trinajstić information content (AvgIpc) is 2.24. The molecule has 0 saturated carbocycles. The van der Waals surface area contributed by atoms with Gasteiger partial charge in [-0.25, -0.2) is 4.39 Å². The van der Waals surface area contributed by atoms with Gasteiger partial charge in [-0.15, -0.1) is 0 Å². The minimum Gasteiger partial charge on any atom is -0.456 e. The molecule has 0 N–H and O–H groups in total. The Labute approximate surface area is 105 Å². The van der Waals surface area contributed by atoms with Crippen LogP contribution in [0.2, 0.25) is 5.02 Å². The van der Waals surface area contributed by atoms with E-state index in [1.54, 1.807) is 18.5 Å². The Hall–Kier alpha value is -1.13. The first kappa shape index (κ1) is 11.4. The quantitative estimate of drug-likeness (QED) is 0.819. The Morgan fingerprint density at radius 3 is 2.69 bits per heavy atom. The summed E-state index contributed by atoms with van der Waals surface area (Å²) in [6.45, 7) is 0. The summed E-state index contributed by atoms with van der Waals surface area (Å²) in [5.74, 6) is 0.546. The van der Waals surface area contributed by atoms with Crippen molar-refractivity contribution < 1.29 is 9.13 Å². The summed E-state index contributed by atoms with van der Waals surface area (Å²) in [5, 5.41) is 0.0282. The van der Waals surface area contributed by atoms with Crippen LogP contribution >= 0.6 is 27.5 Å². The number of benzene rings is 1. The standard InChI is InChI=1S/C11H6BrClFNO/c12-7-3-9(6-15-5-7)16-8-1-2-11(14)10(13)4-8/h1-6H. The van der Waals surface area contributed by atoms with E-state index in [1.807, 2.05) is 0 Å². The SMILES string of the molecule is Fc1ccc(Oc2cncc(Br)c2)cc1Cl. The van der Waals surface area contributed by atoms with Gasteiger partial charge in [-0.1, -0.05) is 11.6 Å². The van der Waals surface area contributed by atoms with E-state index in [1.165, 1.54) is 18.2 Å². The number of nitrogens with zero attached hydrogens (tertiary/aromatic N) is 1. The smallest absolute Gasteiger partial charge is 0.146 e. The fourth-order valence-corrected chi connectivity index (χ4v) is 1.64. The molecule has 0 atom stereocenters. The number of rotatable bonds is 2. The van der Waals surface area contributed by atoms with Crippen LogP contribution in [0.25, 0.3) is 0 Å². The number of hydrogen-bond donors (Lipinski definition) is 0. The second-order valence-electron chi connectivity index (χ2n) is 3.02. The number of hydrogen-bond acceptors (Lipinski definition) is 2. The maximum atomic E-state index is 12.9. The molecule has 82 valence electrons. The van der Waals surface area contributed by atoms with Crippen LogP contribution < -0.4 is 4.74 Å². The van der Waals surface area contributed by atoms with E-state index < -0.39 is 5.82 Å². The van der Waals surface area contributed by atoms with E-state index >= 15 is 0 Å². The first-order valence-corrected chi connectivity index (χ1v) is 5.56. The second-order valence-corrected chi connectivity index (χ2v) is 4.34. The molecule has 5 heteroatoms. The first-order valence-electron chi connectivity index (χ1n) is 4.38. The number of aromatic nitrogens is 1. The van der Waals surface area contributed by atoms with Crippen molar-refractivity contribution in [3.8, 4) is 11.5 Å². The van der Waals surface area contributed by atoms with Crippen LogP contribution in [0.1, 0.15) is 0 Å². The lowest BCUT2D eigenvalue weighted by molar-refractivity contribution is 0.478. The van der Waals surface area contributed by atoms with Crippen molar-refractivity contribution in [2.75, 3.05) is 0 Å². The van der Waals surface area contributed by atoms with Gasteiger partial charge in [0.25, 0.3) is 0 Å². The van der Waals surface area contributed by atoms with Crippen molar-refractivity contribution >= 4 is 27.5 Å². The van der Waals surface area contributed by atoms with Crippen LogP contribution in [0.5, 0.6) is 11.5 Å². The molecule has 1 aromatic heterocycles. The van der Waals surface area contributed by atoms with Gasteiger partial charge in [-0.3, -0.25) is 4.98 Å². The molecule has 2 rings (SSSR count). The van der Waals surface area contributed by atoms with Crippen LogP contribution in [-0.2, 0) is 0 Å². The summed E-state index contributed by atoms with van der Waals surface area (Å²) in [5.41, 5.74) is 0. The Kier molecular flexibility index (Phi) is 3.41. The number of halogens is 3. The summed E-state index contributed by atoms with van der Waals surface area (Å²) in [6.07, 6.45) is 3.20. The van der Waals surface area contributed by atoms with Gasteiger partial charge in [0.1, 0.15) is 17.3 Å². The van der Waals surface area contributed by atoms with Gasteiger partial charge >= 0.3 is 0 Å². The van der Waals surface area contributed by atoms with Gasteiger partial charge < -0.3 is 4.74 Å². The van der Waals surface area contributed by atoms with Crippen LogP contribution in [0, 0.1) is 5.82 Å². The third kappa shape index (κ3) is 2.71. The Balaban J connectivity index is 2.24. The Bertz CT molecular complexity index is 521. The normalized spacial score (nSPS) is 10.2. The fourth-order valence-electron chi connectivity index (χ4n) is 1.12. The fraction of sp³-hybridized carbons (Fsp3) is 0. The molecule has 1 aromatic carbocycles. The maximum absolute atomic E-state index is 12.9. The number of pyridine rings is 1. The van der Waals surface area contributed by atoms with Gasteiger partial charge in [0.15, 0.2) is 0 Å². The number of ether oxygens (including phenoxy) is 1. The average molecular weight is 303 g/mol. The van der Waals surface area contributed by atoms with E-state index in [0.717, 1.165) is 4.47 Å². The molecule has 0 spiro atoms. The van der Waals surface area contributed by atoms with Crippen LogP contribution in [0.3, 0.4) is 0 Å². The van der Waals surface area contributed by atoms with Crippen molar-refractivity contribution in [3.63, 3.8) is 0 Å². The summed E-state index contributed by atoms with van der Waals surface area (Å²) < 4.78 is 19.1. The van der Waals surface area contributed by atoms with Crippen molar-refractivity contribution in [3.05, 3.63) is 52.0 Å². The van der Waals surface area contributed by atoms with Crippen molar-refractivity contribution in [2.24, 2.45) is 0 Å². The summed E-state index contributed by atoms with van der Waals surface area (Å²) in [4.78, 5) is 3.94. The van der Waals surface area contributed by atoms with Crippen molar-refractivity contribution in [1.29, 1.82) is 0 Å². The van der Waals surface area contributed by atoms with Gasteiger partial charge in [0.05, 0.1) is 11.2 Å². The molecule has 0 aliphatic carbocycles. The predicted octanol–water partition coefficient (Wildman–Crippen LogP) is 4.43. The Morgan fingerprint density at radius 2 is 2.00 bits per heavy atom. The third-order valence-corrected chi connectivity index (χ3v) is 2.53. The van der Waals surface area contributed by atoms with Crippen molar-refractivity contribution in [2.45, 2.75) is 0 Å². The zero-order chi connectivity index (χ0) is 11.5. The van der Waals surface area contributed by atoms with Crippen LogP contribution in [0.15, 0.2) is 41.1 Å². The second kappa shape index (κ2) is 4.80. The molecular formula is C11H6BrClFNO. The summed E-state index contributed by atoms with van der Waals surface area (Å²) in [7, 11) is 0. The lowest BCUT2D eigenvalue weighted by atomic mass is 10.3. The van der Waals surface area contributed by atoms with Crippen LogP contribution in [0.4, 0.5) is 4.39 Å². The minimum absolute atomic E-state index is 0.0282. The van der Waals surface area contributed by atoms with E-state index in [-0.39, 0.29) is 5.02 Å². The largest absolute Gasteiger partial charge is 0.456 e. The monoisotopic (exact) mass is 301 g/mol. The minimum atomic E-state index is -0.471. The molecule has 0 radical (unpaired) electrons. The predicted molar refractivity (Wildman–Crippen MR) is 63.4 cm³/mol. The molecule has 1 heterocycles. The van der Waals surface area contributed by atoms with Crippen LogP contribution in [-0.4, -0.2) is 4.98 Å². The molecule has 0 bridgehead atoms. The topological polar surface area (TPSA) is 22.1 Å².